The maximum atomic E-state index is 12.5. The van der Waals surface area contributed by atoms with E-state index in [4.69, 9.17) is 0 Å². The van der Waals surface area contributed by atoms with Crippen LogP contribution >= 0.6 is 0 Å². The summed E-state index contributed by atoms with van der Waals surface area (Å²) in [4.78, 5) is 50.3. The minimum absolute atomic E-state index is 0.0187. The van der Waals surface area contributed by atoms with Crippen molar-refractivity contribution >= 4 is 35.1 Å². The number of nitrogens with zero attached hydrogens (tertiary/aromatic N) is 1. The number of carbonyl (C=O) groups is 4. The molecule has 8 heteroatoms. The van der Waals surface area contributed by atoms with Gasteiger partial charge >= 0.3 is 5.97 Å². The van der Waals surface area contributed by atoms with Crippen LogP contribution in [0.5, 0.6) is 0 Å². The molecule has 1 aliphatic heterocycles. The molecule has 3 amide bonds. The van der Waals surface area contributed by atoms with Gasteiger partial charge in [0.2, 0.25) is 11.8 Å². The smallest absolute Gasteiger partial charge is 0.337 e. The summed E-state index contributed by atoms with van der Waals surface area (Å²) in [5.41, 5.74) is 1.91. The standard InChI is InChI=1S/C24H27N3O5/c1-3-4-13-27-15-18(14-21(27)28)23(30)26-19-9-5-16(6-10-19)22(29)25-20-11-7-17(8-12-20)24(31)32-2/h5-12,18H,3-4,13-15H2,1-2H3,(H,25,29)(H,26,30)/t18-/m1/s1. The number of hydrogen-bond acceptors (Lipinski definition) is 5. The summed E-state index contributed by atoms with van der Waals surface area (Å²) in [6.45, 7) is 3.20. The van der Waals surface area contributed by atoms with E-state index in [9.17, 15) is 19.2 Å². The van der Waals surface area contributed by atoms with Crippen LogP contribution in [-0.2, 0) is 14.3 Å². The molecule has 168 valence electrons. The van der Waals surface area contributed by atoms with Crippen molar-refractivity contribution < 1.29 is 23.9 Å². The van der Waals surface area contributed by atoms with Gasteiger partial charge in [0, 0.05) is 36.4 Å². The summed E-state index contributed by atoms with van der Waals surface area (Å²) in [7, 11) is 1.31. The molecule has 0 unspecified atom stereocenters. The second-order valence-electron chi connectivity index (χ2n) is 7.68. The minimum atomic E-state index is -0.448. The van der Waals surface area contributed by atoms with Crippen molar-refractivity contribution in [3.05, 3.63) is 59.7 Å². The third-order valence-corrected chi connectivity index (χ3v) is 5.35. The Labute approximate surface area is 186 Å². The SMILES string of the molecule is CCCCN1C[C@H](C(=O)Nc2ccc(C(=O)Nc3ccc(C(=O)OC)cc3)cc2)CC1=O. The predicted molar refractivity (Wildman–Crippen MR) is 120 cm³/mol. The molecule has 2 aromatic rings. The molecule has 2 N–H and O–H groups in total. The Morgan fingerprint density at radius 2 is 1.56 bits per heavy atom. The van der Waals surface area contributed by atoms with Crippen LogP contribution in [0, 0.1) is 5.92 Å². The highest BCUT2D eigenvalue weighted by Gasteiger charge is 2.33. The number of esters is 1. The number of ether oxygens (including phenoxy) is 1. The van der Waals surface area contributed by atoms with Gasteiger partial charge in [-0.05, 0) is 55.0 Å². The highest BCUT2D eigenvalue weighted by atomic mass is 16.5. The van der Waals surface area contributed by atoms with Crippen molar-refractivity contribution in [1.82, 2.24) is 4.90 Å². The van der Waals surface area contributed by atoms with Crippen molar-refractivity contribution in [3.8, 4) is 0 Å². The van der Waals surface area contributed by atoms with Crippen molar-refractivity contribution in [2.45, 2.75) is 26.2 Å². The molecule has 0 spiro atoms. The first kappa shape index (κ1) is 23.0. The summed E-state index contributed by atoms with van der Waals surface area (Å²) in [6.07, 6.45) is 2.16. The highest BCUT2D eigenvalue weighted by Crippen LogP contribution is 2.21. The Kier molecular flexibility index (Phi) is 7.59. The fourth-order valence-corrected chi connectivity index (χ4v) is 3.47. The number of nitrogens with one attached hydrogen (secondary N) is 2. The first-order valence-corrected chi connectivity index (χ1v) is 10.6. The molecule has 3 rings (SSSR count). The summed E-state index contributed by atoms with van der Waals surface area (Å²) in [6, 6.07) is 12.9. The van der Waals surface area contributed by atoms with Crippen molar-refractivity contribution in [1.29, 1.82) is 0 Å². The molecular formula is C24H27N3O5. The zero-order chi connectivity index (χ0) is 23.1. The van der Waals surface area contributed by atoms with E-state index in [-0.39, 0.29) is 30.1 Å². The van der Waals surface area contributed by atoms with E-state index < -0.39 is 5.97 Å². The van der Waals surface area contributed by atoms with Crippen LogP contribution in [0.2, 0.25) is 0 Å². The summed E-state index contributed by atoms with van der Waals surface area (Å²) < 4.78 is 4.65. The van der Waals surface area contributed by atoms with Crippen LogP contribution in [0.1, 0.15) is 46.9 Å². The fraction of sp³-hybridized carbons (Fsp3) is 0.333. The number of rotatable bonds is 8. The summed E-state index contributed by atoms with van der Waals surface area (Å²) >= 11 is 0. The van der Waals surface area contributed by atoms with E-state index in [0.29, 0.717) is 35.6 Å². The first-order chi connectivity index (χ1) is 15.4. The zero-order valence-electron chi connectivity index (χ0n) is 18.2. The summed E-state index contributed by atoms with van der Waals surface area (Å²) in [5.74, 6) is -1.31. The third-order valence-electron chi connectivity index (χ3n) is 5.35. The van der Waals surface area contributed by atoms with Gasteiger partial charge in [0.25, 0.3) is 5.91 Å². The number of likely N-dealkylation sites (tertiary alicyclic amines) is 1. The van der Waals surface area contributed by atoms with Gasteiger partial charge in [-0.25, -0.2) is 4.79 Å². The molecule has 0 saturated carbocycles. The Hall–Kier alpha value is -3.68. The molecule has 0 bridgehead atoms. The van der Waals surface area contributed by atoms with Crippen LogP contribution < -0.4 is 10.6 Å². The van der Waals surface area contributed by atoms with Crippen LogP contribution in [0.15, 0.2) is 48.5 Å². The average Bonchev–Trinajstić information content (AvgIpc) is 3.18. The molecule has 2 aromatic carbocycles. The number of unbranched alkanes of at least 4 members (excludes halogenated alkanes) is 1. The lowest BCUT2D eigenvalue weighted by molar-refractivity contribution is -0.128. The van der Waals surface area contributed by atoms with Crippen LogP contribution in [0.4, 0.5) is 11.4 Å². The monoisotopic (exact) mass is 437 g/mol. The lowest BCUT2D eigenvalue weighted by Gasteiger charge is -2.16. The normalized spacial score (nSPS) is 15.4. The second-order valence-corrected chi connectivity index (χ2v) is 7.68. The van der Waals surface area contributed by atoms with Gasteiger partial charge in [0.15, 0.2) is 0 Å². The predicted octanol–water partition coefficient (Wildman–Crippen LogP) is 3.31. The van der Waals surface area contributed by atoms with Gasteiger partial charge in [0.05, 0.1) is 18.6 Å². The molecule has 1 fully saturated rings. The largest absolute Gasteiger partial charge is 0.465 e. The topological polar surface area (TPSA) is 105 Å². The third kappa shape index (κ3) is 5.72. The first-order valence-electron chi connectivity index (χ1n) is 10.6. The maximum absolute atomic E-state index is 12.5. The van der Waals surface area contributed by atoms with Crippen LogP contribution in [0.3, 0.4) is 0 Å². The molecule has 0 aliphatic carbocycles. The van der Waals surface area contributed by atoms with E-state index >= 15 is 0 Å². The second kappa shape index (κ2) is 10.6. The van der Waals surface area contributed by atoms with E-state index in [1.807, 2.05) is 0 Å². The molecule has 32 heavy (non-hydrogen) atoms. The molecule has 1 aliphatic rings. The van der Waals surface area contributed by atoms with Gasteiger partial charge in [0.1, 0.15) is 0 Å². The number of methoxy groups -OCH3 is 1. The van der Waals surface area contributed by atoms with E-state index in [2.05, 4.69) is 22.3 Å². The Morgan fingerprint density at radius 1 is 0.969 bits per heavy atom. The van der Waals surface area contributed by atoms with Gasteiger partial charge in [-0.2, -0.15) is 0 Å². The molecule has 8 nitrogen and oxygen atoms in total. The Balaban J connectivity index is 1.54. The van der Waals surface area contributed by atoms with Crippen molar-refractivity contribution in [2.75, 3.05) is 30.8 Å². The van der Waals surface area contributed by atoms with Crippen molar-refractivity contribution in [2.24, 2.45) is 5.92 Å². The molecule has 0 radical (unpaired) electrons. The molecular weight excluding hydrogens is 410 g/mol. The molecule has 0 aromatic heterocycles. The number of hydrogen-bond donors (Lipinski definition) is 2. The van der Waals surface area contributed by atoms with Gasteiger partial charge in [-0.3, -0.25) is 14.4 Å². The lowest BCUT2D eigenvalue weighted by Crippen LogP contribution is -2.29. The van der Waals surface area contributed by atoms with E-state index in [1.54, 1.807) is 53.4 Å². The average molecular weight is 437 g/mol. The van der Waals surface area contributed by atoms with E-state index in [0.717, 1.165) is 12.8 Å². The summed E-state index contributed by atoms with van der Waals surface area (Å²) in [5, 5.41) is 5.58. The highest BCUT2D eigenvalue weighted by molar-refractivity contribution is 6.05. The van der Waals surface area contributed by atoms with E-state index in [1.165, 1.54) is 7.11 Å². The minimum Gasteiger partial charge on any atom is -0.465 e. The van der Waals surface area contributed by atoms with Gasteiger partial charge in [-0.1, -0.05) is 13.3 Å². The number of carbonyl (C=O) groups excluding carboxylic acids is 4. The number of anilines is 2. The fourth-order valence-electron chi connectivity index (χ4n) is 3.47. The number of benzene rings is 2. The Morgan fingerprint density at radius 3 is 2.16 bits per heavy atom. The van der Waals surface area contributed by atoms with Gasteiger partial charge < -0.3 is 20.3 Å². The Bertz CT molecular complexity index is 986. The van der Waals surface area contributed by atoms with Crippen LogP contribution in [0.25, 0.3) is 0 Å². The lowest BCUT2D eigenvalue weighted by atomic mass is 10.1. The molecule has 1 heterocycles. The molecule has 1 atom stereocenters. The molecule has 1 saturated heterocycles. The maximum Gasteiger partial charge on any atom is 0.337 e. The van der Waals surface area contributed by atoms with Gasteiger partial charge in [-0.15, -0.1) is 0 Å². The van der Waals surface area contributed by atoms with Crippen molar-refractivity contribution in [3.63, 3.8) is 0 Å². The number of amides is 3. The zero-order valence-corrected chi connectivity index (χ0v) is 18.2. The quantitative estimate of drug-likeness (QED) is 0.617. The van der Waals surface area contributed by atoms with Crippen LogP contribution in [-0.4, -0.2) is 48.8 Å².